The molecule has 12 aromatic rings. The monoisotopic (exact) mass is 729 g/mol. The molecule has 8 aromatic carbocycles. The highest BCUT2D eigenvalue weighted by Crippen LogP contribution is 2.45. The second-order valence-electron chi connectivity index (χ2n) is 14.4. The fourth-order valence-electron chi connectivity index (χ4n) is 8.72. The summed E-state index contributed by atoms with van der Waals surface area (Å²) in [5.74, 6) is 1.76. The average molecular weight is 730 g/mol. The molecule has 0 spiro atoms. The van der Waals surface area contributed by atoms with Gasteiger partial charge < -0.3 is 13.6 Å². The van der Waals surface area contributed by atoms with Crippen molar-refractivity contribution in [1.82, 2.24) is 24.1 Å². The maximum absolute atomic E-state index is 6.89. The predicted molar refractivity (Wildman–Crippen MR) is 232 cm³/mol. The van der Waals surface area contributed by atoms with E-state index in [1.807, 2.05) is 72.8 Å². The number of hydrogen-bond donors (Lipinski definition) is 0. The fraction of sp³-hybridized carbons (Fsp3) is 0. The van der Waals surface area contributed by atoms with Crippen LogP contribution in [-0.4, -0.2) is 24.1 Å². The number of rotatable bonds is 5. The van der Waals surface area contributed by atoms with Crippen LogP contribution in [0.1, 0.15) is 0 Å². The zero-order valence-corrected chi connectivity index (χ0v) is 30.5. The molecule has 266 valence electrons. The minimum absolute atomic E-state index is 0.550. The Balaban J connectivity index is 1.20. The minimum atomic E-state index is 0.550. The summed E-state index contributed by atoms with van der Waals surface area (Å²) in [5.41, 5.74) is 10.9. The summed E-state index contributed by atoms with van der Waals surface area (Å²) in [6.45, 7) is 0. The molecule has 0 bridgehead atoms. The van der Waals surface area contributed by atoms with Crippen LogP contribution in [0.25, 0.3) is 111 Å². The van der Waals surface area contributed by atoms with Crippen LogP contribution >= 0.6 is 0 Å². The molecule has 12 rings (SSSR count). The van der Waals surface area contributed by atoms with Gasteiger partial charge in [-0.15, -0.1) is 0 Å². The zero-order chi connectivity index (χ0) is 37.5. The van der Waals surface area contributed by atoms with Crippen LogP contribution in [-0.2, 0) is 0 Å². The van der Waals surface area contributed by atoms with Gasteiger partial charge in [0.05, 0.1) is 38.7 Å². The first kappa shape index (κ1) is 31.5. The highest BCUT2D eigenvalue weighted by Gasteiger charge is 2.25. The quantitative estimate of drug-likeness (QED) is 0.177. The number of benzene rings is 8. The Morgan fingerprint density at radius 3 is 1.63 bits per heavy atom. The van der Waals surface area contributed by atoms with Crippen LogP contribution < -0.4 is 0 Å². The van der Waals surface area contributed by atoms with E-state index in [4.69, 9.17) is 19.4 Å². The predicted octanol–water partition coefficient (Wildman–Crippen LogP) is 13.0. The van der Waals surface area contributed by atoms with Gasteiger partial charge in [0.15, 0.2) is 17.5 Å². The summed E-state index contributed by atoms with van der Waals surface area (Å²) in [6.07, 6.45) is 0. The second-order valence-corrected chi connectivity index (χ2v) is 14.4. The molecule has 0 radical (unpaired) electrons. The average Bonchev–Trinajstić information content (AvgIpc) is 3.95. The van der Waals surface area contributed by atoms with Crippen LogP contribution in [0.15, 0.2) is 192 Å². The third-order valence-electron chi connectivity index (χ3n) is 11.2. The van der Waals surface area contributed by atoms with Crippen molar-refractivity contribution in [2.24, 2.45) is 0 Å². The summed E-state index contributed by atoms with van der Waals surface area (Å²) in [6, 6.07) is 65.5. The number of hydrogen-bond acceptors (Lipinski definition) is 4. The van der Waals surface area contributed by atoms with Crippen LogP contribution in [0.4, 0.5) is 0 Å². The highest BCUT2D eigenvalue weighted by molar-refractivity contribution is 6.27. The lowest BCUT2D eigenvalue weighted by molar-refractivity contribution is 0.669. The molecular formula is C51H31N5O. The summed E-state index contributed by atoms with van der Waals surface area (Å²) >= 11 is 0. The molecule has 6 heteroatoms. The van der Waals surface area contributed by atoms with Crippen molar-refractivity contribution in [2.75, 3.05) is 0 Å². The number of para-hydroxylation sites is 4. The standard InChI is InChI=1S/C51H31N5O/c1-4-16-32(17-5-1)49-52-50(33-18-6-2-7-19-33)54-51(53-49)39-29-31-43(46-38-24-12-15-27-44(38)57-48(39)46)56-40-25-13-10-22-35(40)36-28-30-42-45(47(36)56)37-23-11-14-26-41(37)55(42)34-20-8-3-9-21-34/h1-31H. The Kier molecular flexibility index (Phi) is 6.83. The molecule has 57 heavy (non-hydrogen) atoms. The van der Waals surface area contributed by atoms with Crippen LogP contribution in [0.3, 0.4) is 0 Å². The SMILES string of the molecule is c1ccc(-c2nc(-c3ccccc3)nc(-c3ccc(-n4c5ccccc5c5ccc6c(c7ccccc7n6-c6ccccc6)c54)c4c3oc3ccccc34)n2)cc1. The molecule has 0 saturated heterocycles. The van der Waals surface area contributed by atoms with E-state index in [2.05, 4.69) is 124 Å². The van der Waals surface area contributed by atoms with Crippen LogP contribution in [0.2, 0.25) is 0 Å². The largest absolute Gasteiger partial charge is 0.455 e. The lowest BCUT2D eigenvalue weighted by Gasteiger charge is -2.13. The first-order valence-corrected chi connectivity index (χ1v) is 19.1. The van der Waals surface area contributed by atoms with Crippen molar-refractivity contribution < 1.29 is 4.42 Å². The Bertz CT molecular complexity index is 3450. The molecule has 0 unspecified atom stereocenters. The van der Waals surface area contributed by atoms with Crippen molar-refractivity contribution in [3.05, 3.63) is 188 Å². The van der Waals surface area contributed by atoms with Gasteiger partial charge in [-0.05, 0) is 48.5 Å². The van der Waals surface area contributed by atoms with E-state index in [0.717, 1.165) is 72.1 Å². The summed E-state index contributed by atoms with van der Waals surface area (Å²) in [5, 5.41) is 6.80. The minimum Gasteiger partial charge on any atom is -0.455 e. The molecule has 0 N–H and O–H groups in total. The molecule has 0 amide bonds. The lowest BCUT2D eigenvalue weighted by Crippen LogP contribution is -2.01. The van der Waals surface area contributed by atoms with E-state index in [-0.39, 0.29) is 0 Å². The third-order valence-corrected chi connectivity index (χ3v) is 11.2. The van der Waals surface area contributed by atoms with E-state index in [1.165, 1.54) is 21.5 Å². The number of furan rings is 1. The van der Waals surface area contributed by atoms with Crippen LogP contribution in [0, 0.1) is 0 Å². The van der Waals surface area contributed by atoms with Gasteiger partial charge in [-0.25, -0.2) is 15.0 Å². The Morgan fingerprint density at radius 1 is 0.368 bits per heavy atom. The van der Waals surface area contributed by atoms with E-state index < -0.39 is 0 Å². The Labute approximate surface area is 326 Å². The number of nitrogens with zero attached hydrogens (tertiary/aromatic N) is 5. The summed E-state index contributed by atoms with van der Waals surface area (Å²) in [4.78, 5) is 15.2. The molecule has 0 fully saturated rings. The molecule has 0 aliphatic carbocycles. The Hall–Kier alpha value is -7.83. The maximum Gasteiger partial charge on any atom is 0.167 e. The smallest absolute Gasteiger partial charge is 0.167 e. The summed E-state index contributed by atoms with van der Waals surface area (Å²) < 4.78 is 11.7. The molecule has 0 aliphatic rings. The van der Waals surface area contributed by atoms with Crippen molar-refractivity contribution >= 4 is 65.6 Å². The molecule has 4 aromatic heterocycles. The van der Waals surface area contributed by atoms with Gasteiger partial charge in [-0.1, -0.05) is 140 Å². The van der Waals surface area contributed by atoms with Crippen LogP contribution in [0.5, 0.6) is 0 Å². The van der Waals surface area contributed by atoms with Gasteiger partial charge in [-0.2, -0.15) is 0 Å². The zero-order valence-electron chi connectivity index (χ0n) is 30.5. The third kappa shape index (κ3) is 4.74. The van der Waals surface area contributed by atoms with Gasteiger partial charge in [-0.3, -0.25) is 0 Å². The molecule has 4 heterocycles. The molecule has 6 nitrogen and oxygen atoms in total. The highest BCUT2D eigenvalue weighted by atomic mass is 16.3. The van der Waals surface area contributed by atoms with Gasteiger partial charge in [0.1, 0.15) is 11.2 Å². The number of aromatic nitrogens is 5. The van der Waals surface area contributed by atoms with E-state index in [9.17, 15) is 0 Å². The van der Waals surface area contributed by atoms with Crippen molar-refractivity contribution in [2.45, 2.75) is 0 Å². The van der Waals surface area contributed by atoms with E-state index >= 15 is 0 Å². The summed E-state index contributed by atoms with van der Waals surface area (Å²) in [7, 11) is 0. The van der Waals surface area contributed by atoms with Gasteiger partial charge in [0.25, 0.3) is 0 Å². The van der Waals surface area contributed by atoms with Crippen molar-refractivity contribution in [1.29, 1.82) is 0 Å². The van der Waals surface area contributed by atoms with E-state index in [1.54, 1.807) is 0 Å². The topological polar surface area (TPSA) is 61.7 Å². The van der Waals surface area contributed by atoms with Crippen molar-refractivity contribution in [3.63, 3.8) is 0 Å². The second kappa shape index (κ2) is 12.3. The normalized spacial score (nSPS) is 11.9. The van der Waals surface area contributed by atoms with Gasteiger partial charge in [0, 0.05) is 43.7 Å². The maximum atomic E-state index is 6.89. The first-order valence-electron chi connectivity index (χ1n) is 19.1. The fourth-order valence-corrected chi connectivity index (χ4v) is 8.72. The Morgan fingerprint density at radius 2 is 0.930 bits per heavy atom. The molecule has 0 aliphatic heterocycles. The molecular weight excluding hydrogens is 699 g/mol. The van der Waals surface area contributed by atoms with E-state index in [0.29, 0.717) is 17.5 Å². The van der Waals surface area contributed by atoms with Gasteiger partial charge >= 0.3 is 0 Å². The molecule has 0 atom stereocenters. The van der Waals surface area contributed by atoms with Gasteiger partial charge in [0.2, 0.25) is 0 Å². The number of fused-ring (bicyclic) bond motifs is 10. The van der Waals surface area contributed by atoms with Crippen molar-refractivity contribution in [3.8, 4) is 45.5 Å². The lowest BCUT2D eigenvalue weighted by atomic mass is 10.0. The first-order chi connectivity index (χ1) is 28.3. The molecule has 0 saturated carbocycles.